The minimum Gasteiger partial charge on any atom is -0.463 e. The van der Waals surface area contributed by atoms with E-state index in [4.69, 9.17) is 42.1 Å². The first-order chi connectivity index (χ1) is 20.4. The summed E-state index contributed by atoms with van der Waals surface area (Å²) >= 11 is 11.7. The van der Waals surface area contributed by atoms with Gasteiger partial charge >= 0.3 is 17.9 Å². The summed E-state index contributed by atoms with van der Waals surface area (Å²) in [6.07, 6.45) is -6.87. The fraction of sp³-hybridized carbons (Fsp3) is 0.607. The molecule has 0 aliphatic carbocycles. The summed E-state index contributed by atoms with van der Waals surface area (Å²) in [7, 11) is 0. The van der Waals surface area contributed by atoms with Gasteiger partial charge in [0.1, 0.15) is 12.7 Å². The van der Waals surface area contributed by atoms with Crippen molar-refractivity contribution in [2.75, 3.05) is 42.9 Å². The van der Waals surface area contributed by atoms with E-state index in [1.165, 1.54) is 0 Å². The van der Waals surface area contributed by atoms with E-state index in [2.05, 4.69) is 15.5 Å². The fourth-order valence-corrected chi connectivity index (χ4v) is 4.80. The van der Waals surface area contributed by atoms with Gasteiger partial charge in [0, 0.05) is 57.7 Å². The van der Waals surface area contributed by atoms with Crippen molar-refractivity contribution in [2.24, 2.45) is 0 Å². The van der Waals surface area contributed by atoms with Gasteiger partial charge in [0.25, 0.3) is 0 Å². The van der Waals surface area contributed by atoms with Crippen LogP contribution in [0, 0.1) is 0 Å². The highest BCUT2D eigenvalue weighted by molar-refractivity contribution is 6.18. The molecule has 0 spiro atoms. The SMILES string of the molecule is CC(=O)OC[C@H]1O[C@@H](NC(=O)CNC(=O)CCCc2ccc(N(CCCl)CCCl)cc2)[C@@H](F)[C@@H](OC(C)=O)[C@@H]1OC(C)=O. The first-order valence-electron chi connectivity index (χ1n) is 13.7. The monoisotopic (exact) mass is 649 g/mol. The Morgan fingerprint density at radius 2 is 1.51 bits per heavy atom. The molecular weight excluding hydrogens is 612 g/mol. The number of amides is 2. The molecule has 0 unspecified atom stereocenters. The molecule has 43 heavy (non-hydrogen) atoms. The van der Waals surface area contributed by atoms with E-state index in [0.29, 0.717) is 37.7 Å². The molecule has 1 aromatic rings. The third-order valence-electron chi connectivity index (χ3n) is 6.30. The molecule has 0 saturated carbocycles. The predicted octanol–water partition coefficient (Wildman–Crippen LogP) is 2.02. The second kappa shape index (κ2) is 18.5. The maximum atomic E-state index is 15.4. The van der Waals surface area contributed by atoms with Crippen molar-refractivity contribution in [2.45, 2.75) is 70.7 Å². The van der Waals surface area contributed by atoms with Crippen LogP contribution in [0.25, 0.3) is 0 Å². The van der Waals surface area contributed by atoms with Gasteiger partial charge in [0.05, 0.1) is 6.54 Å². The molecule has 1 heterocycles. The standard InChI is InChI=1S/C28H38Cl2FN3O9/c1-17(35)40-16-22-26(41-18(2)36)27(42-19(3)37)25(31)28(43-22)33-24(39)15-32-23(38)6-4-5-20-7-9-21(10-8-20)34(13-11-29)14-12-30/h7-10,22,25-28H,4-6,11-16H2,1-3H3,(H,32,38)(H,33,39)/t22-,25+,26-,27-,28-/m1/s1. The molecule has 1 saturated heterocycles. The fourth-order valence-electron chi connectivity index (χ4n) is 4.39. The minimum absolute atomic E-state index is 0.147. The number of anilines is 1. The van der Waals surface area contributed by atoms with Crippen molar-refractivity contribution in [1.82, 2.24) is 10.6 Å². The lowest BCUT2D eigenvalue weighted by molar-refractivity contribution is -0.239. The number of carbonyl (C=O) groups excluding carboxylic acids is 5. The summed E-state index contributed by atoms with van der Waals surface area (Å²) in [5, 5.41) is 4.76. The van der Waals surface area contributed by atoms with Crippen LogP contribution < -0.4 is 15.5 Å². The number of rotatable bonds is 16. The van der Waals surface area contributed by atoms with E-state index in [0.717, 1.165) is 32.0 Å². The highest BCUT2D eigenvalue weighted by Crippen LogP contribution is 2.28. The van der Waals surface area contributed by atoms with Crippen molar-refractivity contribution < 1.29 is 47.3 Å². The molecule has 0 bridgehead atoms. The summed E-state index contributed by atoms with van der Waals surface area (Å²) < 4.78 is 36.0. The van der Waals surface area contributed by atoms with Crippen LogP contribution in [0.2, 0.25) is 0 Å². The highest BCUT2D eigenvalue weighted by Gasteiger charge is 2.51. The molecule has 1 aliphatic heterocycles. The van der Waals surface area contributed by atoms with Crippen LogP contribution in [0.4, 0.5) is 10.1 Å². The summed E-state index contributed by atoms with van der Waals surface area (Å²) in [6.45, 7) is 3.64. The summed E-state index contributed by atoms with van der Waals surface area (Å²) in [4.78, 5) is 61.5. The van der Waals surface area contributed by atoms with Crippen molar-refractivity contribution in [3.8, 4) is 0 Å². The largest absolute Gasteiger partial charge is 0.463 e. The Hall–Kier alpha value is -3.16. The van der Waals surface area contributed by atoms with Crippen LogP contribution in [0.15, 0.2) is 24.3 Å². The molecule has 1 aromatic carbocycles. The molecule has 1 aliphatic rings. The topological polar surface area (TPSA) is 150 Å². The van der Waals surface area contributed by atoms with Gasteiger partial charge in [0.2, 0.25) is 11.8 Å². The van der Waals surface area contributed by atoms with Crippen molar-refractivity contribution in [1.29, 1.82) is 0 Å². The number of aryl methyl sites for hydroxylation is 1. The number of ether oxygens (including phenoxy) is 4. The van der Waals surface area contributed by atoms with E-state index in [1.54, 1.807) is 0 Å². The number of nitrogens with zero attached hydrogens (tertiary/aromatic N) is 1. The van der Waals surface area contributed by atoms with Gasteiger partial charge in [-0.2, -0.15) is 0 Å². The zero-order valence-electron chi connectivity index (χ0n) is 24.3. The summed E-state index contributed by atoms with van der Waals surface area (Å²) in [6, 6.07) is 7.89. The molecule has 2 amide bonds. The number of hydrogen-bond donors (Lipinski definition) is 2. The molecule has 15 heteroatoms. The quantitative estimate of drug-likeness (QED) is 0.155. The Balaban J connectivity index is 1.89. The molecule has 12 nitrogen and oxygen atoms in total. The van der Waals surface area contributed by atoms with Crippen molar-refractivity contribution in [3.05, 3.63) is 29.8 Å². The average molecular weight is 651 g/mol. The van der Waals surface area contributed by atoms with Crippen LogP contribution in [-0.2, 0) is 49.3 Å². The number of carbonyl (C=O) groups is 5. The lowest BCUT2D eigenvalue weighted by atomic mass is 9.98. The second-order valence-corrected chi connectivity index (χ2v) is 10.5. The first kappa shape index (κ1) is 36.0. The van der Waals surface area contributed by atoms with E-state index in [-0.39, 0.29) is 12.3 Å². The van der Waals surface area contributed by atoms with Crippen LogP contribution in [0.5, 0.6) is 0 Å². The van der Waals surface area contributed by atoms with Gasteiger partial charge < -0.3 is 34.5 Å². The van der Waals surface area contributed by atoms with E-state index >= 15 is 4.39 Å². The Kier molecular flexibility index (Phi) is 15.5. The number of halogens is 3. The molecular formula is C28H38Cl2FN3O9. The van der Waals surface area contributed by atoms with Crippen molar-refractivity contribution >= 4 is 58.6 Å². The number of alkyl halides is 3. The molecule has 2 rings (SSSR count). The third kappa shape index (κ3) is 12.5. The smallest absolute Gasteiger partial charge is 0.303 e. The van der Waals surface area contributed by atoms with Gasteiger partial charge in [-0.3, -0.25) is 24.0 Å². The molecule has 1 fully saturated rings. The normalized spacial score (nSPS) is 21.3. The van der Waals surface area contributed by atoms with Gasteiger partial charge in [0.15, 0.2) is 24.6 Å². The maximum Gasteiger partial charge on any atom is 0.303 e. The van der Waals surface area contributed by atoms with E-state index in [1.807, 2.05) is 24.3 Å². The van der Waals surface area contributed by atoms with Crippen LogP contribution in [0.3, 0.4) is 0 Å². The lowest BCUT2D eigenvalue weighted by Crippen LogP contribution is -2.64. The number of benzene rings is 1. The molecule has 0 radical (unpaired) electrons. The van der Waals surface area contributed by atoms with Gasteiger partial charge in [-0.25, -0.2) is 4.39 Å². The first-order valence-corrected chi connectivity index (χ1v) is 14.8. The molecule has 0 aromatic heterocycles. The zero-order chi connectivity index (χ0) is 31.9. The molecule has 5 atom stereocenters. The minimum atomic E-state index is -2.15. The Bertz CT molecular complexity index is 1090. The van der Waals surface area contributed by atoms with Crippen LogP contribution in [-0.4, -0.2) is 98.4 Å². The number of nitrogens with one attached hydrogen (secondary N) is 2. The third-order valence-corrected chi connectivity index (χ3v) is 6.64. The zero-order valence-corrected chi connectivity index (χ0v) is 25.8. The maximum absolute atomic E-state index is 15.4. The van der Waals surface area contributed by atoms with Gasteiger partial charge in [-0.15, -0.1) is 23.2 Å². The van der Waals surface area contributed by atoms with Crippen molar-refractivity contribution in [3.63, 3.8) is 0 Å². The summed E-state index contributed by atoms with van der Waals surface area (Å²) in [5.74, 6) is -2.58. The Morgan fingerprint density at radius 3 is 2.07 bits per heavy atom. The van der Waals surface area contributed by atoms with E-state index < -0.39 is 67.7 Å². The Morgan fingerprint density at radius 1 is 0.907 bits per heavy atom. The number of hydrogen-bond acceptors (Lipinski definition) is 10. The summed E-state index contributed by atoms with van der Waals surface area (Å²) in [5.41, 5.74) is 2.04. The second-order valence-electron chi connectivity index (χ2n) is 9.72. The lowest BCUT2D eigenvalue weighted by Gasteiger charge is -2.42. The van der Waals surface area contributed by atoms with Gasteiger partial charge in [-0.05, 0) is 30.5 Å². The molecule has 2 N–H and O–H groups in total. The Labute approximate surface area is 259 Å². The molecule has 240 valence electrons. The number of esters is 3. The average Bonchev–Trinajstić information content (AvgIpc) is 2.94. The predicted molar refractivity (Wildman–Crippen MR) is 155 cm³/mol. The van der Waals surface area contributed by atoms with Gasteiger partial charge in [-0.1, -0.05) is 12.1 Å². The van der Waals surface area contributed by atoms with E-state index in [9.17, 15) is 24.0 Å². The van der Waals surface area contributed by atoms with Crippen LogP contribution in [0.1, 0.15) is 39.2 Å². The highest BCUT2D eigenvalue weighted by atomic mass is 35.5. The van der Waals surface area contributed by atoms with Crippen LogP contribution >= 0.6 is 23.2 Å².